The summed E-state index contributed by atoms with van der Waals surface area (Å²) >= 11 is 2.31. The van der Waals surface area contributed by atoms with E-state index >= 15 is 0 Å². The van der Waals surface area contributed by atoms with E-state index in [2.05, 4.69) is 64.3 Å². The molecular formula is C13H18INS. The summed E-state index contributed by atoms with van der Waals surface area (Å²) in [6, 6.07) is 4.47. The second-order valence-electron chi connectivity index (χ2n) is 3.61. The Morgan fingerprint density at radius 1 is 1.12 bits per heavy atom. The van der Waals surface area contributed by atoms with Crippen LogP contribution in [-0.4, -0.2) is 3.97 Å². The van der Waals surface area contributed by atoms with E-state index in [0.29, 0.717) is 0 Å². The van der Waals surface area contributed by atoms with E-state index in [1.54, 1.807) is 9.12 Å². The smallest absolute Gasteiger partial charge is 0.0630 e. The average molecular weight is 347 g/mol. The lowest BCUT2D eigenvalue weighted by molar-refractivity contribution is 1.30. The molecule has 1 nitrogen and oxygen atoms in total. The van der Waals surface area contributed by atoms with Crippen LogP contribution in [0.3, 0.4) is 0 Å². The van der Waals surface area contributed by atoms with Crippen molar-refractivity contribution in [2.45, 2.75) is 34.6 Å². The third-order valence-corrected chi connectivity index (χ3v) is 4.45. The Hall–Kier alpha value is -0.160. The molecule has 0 N–H and O–H groups in total. The zero-order chi connectivity index (χ0) is 12.3. The molecule has 0 atom stereocenters. The van der Waals surface area contributed by atoms with Crippen molar-refractivity contribution in [3.8, 4) is 0 Å². The van der Waals surface area contributed by atoms with Crippen LogP contribution in [-0.2, 0) is 0 Å². The molecule has 0 saturated heterocycles. The highest BCUT2D eigenvalue weighted by Gasteiger charge is 2.08. The van der Waals surface area contributed by atoms with Gasteiger partial charge in [0.05, 0.1) is 5.52 Å². The molecule has 0 aliphatic heterocycles. The molecule has 0 spiro atoms. The number of halogens is 1. The van der Waals surface area contributed by atoms with Crippen LogP contribution in [0.15, 0.2) is 18.3 Å². The van der Waals surface area contributed by atoms with Crippen molar-refractivity contribution in [1.29, 1.82) is 0 Å². The zero-order valence-corrected chi connectivity index (χ0v) is 13.4. The SMILES string of the molecule is CC.Cc1cc(C)c2c(ccn2SI)c1C. The molecule has 2 rings (SSSR count). The van der Waals surface area contributed by atoms with Crippen molar-refractivity contribution in [2.75, 3.05) is 0 Å². The van der Waals surface area contributed by atoms with Gasteiger partial charge < -0.3 is 0 Å². The minimum absolute atomic E-state index is 1.35. The summed E-state index contributed by atoms with van der Waals surface area (Å²) in [6.07, 6.45) is 2.14. The fourth-order valence-electron chi connectivity index (χ4n) is 1.87. The molecule has 2 aromatic rings. The molecule has 88 valence electrons. The summed E-state index contributed by atoms with van der Waals surface area (Å²) in [5.41, 5.74) is 5.49. The standard InChI is InChI=1S/C11H12INS.C2H6/c1-7-6-8(2)11-10(9(7)3)4-5-13(11)14-12;1-2/h4-6H,1-3H3;1-2H3. The molecule has 1 heterocycles. The third-order valence-electron chi connectivity index (χ3n) is 2.73. The van der Waals surface area contributed by atoms with Gasteiger partial charge in [0.15, 0.2) is 0 Å². The van der Waals surface area contributed by atoms with Crippen LogP contribution in [0.5, 0.6) is 0 Å². The summed E-state index contributed by atoms with van der Waals surface area (Å²) in [7, 11) is 1.72. The molecule has 16 heavy (non-hydrogen) atoms. The van der Waals surface area contributed by atoms with Crippen LogP contribution in [0.2, 0.25) is 0 Å². The van der Waals surface area contributed by atoms with Gasteiger partial charge in [-0.25, -0.2) is 0 Å². The predicted molar refractivity (Wildman–Crippen MR) is 84.5 cm³/mol. The van der Waals surface area contributed by atoms with Gasteiger partial charge in [0.2, 0.25) is 0 Å². The van der Waals surface area contributed by atoms with Crippen LogP contribution in [0.25, 0.3) is 10.9 Å². The molecule has 0 aliphatic rings. The van der Waals surface area contributed by atoms with Gasteiger partial charge in [-0.05, 0) is 43.5 Å². The lowest BCUT2D eigenvalue weighted by Gasteiger charge is -2.07. The normalized spacial score (nSPS) is 10.1. The number of nitrogens with zero attached hydrogens (tertiary/aromatic N) is 1. The summed E-state index contributed by atoms with van der Waals surface area (Å²) in [5, 5.41) is 1.38. The summed E-state index contributed by atoms with van der Waals surface area (Å²) < 4.78 is 2.22. The molecule has 3 heteroatoms. The first kappa shape index (κ1) is 13.9. The second-order valence-corrected chi connectivity index (χ2v) is 5.32. The van der Waals surface area contributed by atoms with E-state index in [1.807, 2.05) is 13.8 Å². The molecule has 0 radical (unpaired) electrons. The number of fused-ring (bicyclic) bond motifs is 1. The topological polar surface area (TPSA) is 4.93 Å². The van der Waals surface area contributed by atoms with Gasteiger partial charge in [-0.15, -0.1) is 0 Å². The molecule has 1 aromatic carbocycles. The van der Waals surface area contributed by atoms with Gasteiger partial charge in [-0.2, -0.15) is 0 Å². The highest BCUT2D eigenvalue weighted by molar-refractivity contribution is 14.2. The van der Waals surface area contributed by atoms with Crippen LogP contribution in [0.4, 0.5) is 0 Å². The van der Waals surface area contributed by atoms with Gasteiger partial charge >= 0.3 is 0 Å². The molecule has 0 saturated carbocycles. The van der Waals surface area contributed by atoms with Gasteiger partial charge in [0.1, 0.15) is 0 Å². The fourth-order valence-corrected chi connectivity index (χ4v) is 3.28. The second kappa shape index (κ2) is 5.96. The van der Waals surface area contributed by atoms with Gasteiger partial charge in [-0.3, -0.25) is 3.97 Å². The van der Waals surface area contributed by atoms with Crippen molar-refractivity contribution in [3.05, 3.63) is 35.0 Å². The number of hydrogen-bond donors (Lipinski definition) is 0. The monoisotopic (exact) mass is 347 g/mol. The van der Waals surface area contributed by atoms with Crippen molar-refractivity contribution in [2.24, 2.45) is 0 Å². The van der Waals surface area contributed by atoms with E-state index < -0.39 is 0 Å². The molecular weight excluding hydrogens is 329 g/mol. The molecule has 1 aromatic heterocycles. The first-order valence-electron chi connectivity index (χ1n) is 5.52. The maximum Gasteiger partial charge on any atom is 0.0630 e. The summed E-state index contributed by atoms with van der Waals surface area (Å²) in [4.78, 5) is 0. The van der Waals surface area contributed by atoms with Gasteiger partial charge in [-0.1, -0.05) is 19.9 Å². The predicted octanol–water partition coefficient (Wildman–Crippen LogP) is 5.44. The van der Waals surface area contributed by atoms with E-state index in [0.717, 1.165) is 0 Å². The van der Waals surface area contributed by atoms with E-state index in [4.69, 9.17) is 0 Å². The van der Waals surface area contributed by atoms with Crippen LogP contribution < -0.4 is 0 Å². The largest absolute Gasteiger partial charge is 0.282 e. The van der Waals surface area contributed by atoms with Crippen molar-refractivity contribution >= 4 is 41.2 Å². The maximum atomic E-state index is 2.31. The summed E-state index contributed by atoms with van der Waals surface area (Å²) in [5.74, 6) is 0. The Balaban J connectivity index is 0.000000606. The number of hydrogen-bond acceptors (Lipinski definition) is 1. The van der Waals surface area contributed by atoms with Crippen molar-refractivity contribution in [3.63, 3.8) is 0 Å². The van der Waals surface area contributed by atoms with Crippen LogP contribution in [0.1, 0.15) is 30.5 Å². The first-order valence-corrected chi connectivity index (χ1v) is 8.83. The van der Waals surface area contributed by atoms with Crippen LogP contribution in [0, 0.1) is 20.8 Å². The van der Waals surface area contributed by atoms with Crippen LogP contribution >= 0.6 is 30.3 Å². The lowest BCUT2D eigenvalue weighted by atomic mass is 10.0. The Kier molecular flexibility index (Phi) is 5.18. The zero-order valence-electron chi connectivity index (χ0n) is 10.5. The number of benzene rings is 1. The molecule has 0 bridgehead atoms. The van der Waals surface area contributed by atoms with E-state index in [9.17, 15) is 0 Å². The van der Waals surface area contributed by atoms with E-state index in [1.165, 1.54) is 27.6 Å². The minimum atomic E-state index is 1.35. The third kappa shape index (κ3) is 2.40. The van der Waals surface area contributed by atoms with Gasteiger partial charge in [0, 0.05) is 41.9 Å². The van der Waals surface area contributed by atoms with Crippen molar-refractivity contribution in [1.82, 2.24) is 3.97 Å². The van der Waals surface area contributed by atoms with Crippen molar-refractivity contribution < 1.29 is 0 Å². The lowest BCUT2D eigenvalue weighted by Crippen LogP contribution is -1.88. The highest BCUT2D eigenvalue weighted by atomic mass is 127. The average Bonchev–Trinajstić information content (AvgIpc) is 2.73. The quantitative estimate of drug-likeness (QED) is 0.622. The molecule has 0 aliphatic carbocycles. The Morgan fingerprint density at radius 2 is 1.75 bits per heavy atom. The fraction of sp³-hybridized carbons (Fsp3) is 0.385. The Bertz CT molecular complexity index is 488. The molecule has 0 unspecified atom stereocenters. The van der Waals surface area contributed by atoms with Gasteiger partial charge in [0.25, 0.3) is 0 Å². The number of aryl methyl sites for hydroxylation is 3. The number of aromatic nitrogens is 1. The van der Waals surface area contributed by atoms with E-state index in [-0.39, 0.29) is 0 Å². The maximum absolute atomic E-state index is 2.31. The Morgan fingerprint density at radius 3 is 2.31 bits per heavy atom. The highest BCUT2D eigenvalue weighted by Crippen LogP contribution is 2.30. The molecule has 0 amide bonds. The minimum Gasteiger partial charge on any atom is -0.282 e. The summed E-state index contributed by atoms with van der Waals surface area (Å²) in [6.45, 7) is 10.5. The number of rotatable bonds is 1. The molecule has 0 fully saturated rings. The Labute approximate surface area is 114 Å². The first-order chi connectivity index (χ1) is 7.65.